The molecule has 8 heteroatoms. The Hall–Kier alpha value is -2.90. The number of hydrogen-bond donors (Lipinski definition) is 0. The van der Waals surface area contributed by atoms with E-state index in [0.717, 1.165) is 40.5 Å². The average Bonchev–Trinajstić information content (AvgIpc) is 3.31. The maximum atomic E-state index is 6.15. The molecular weight excluding hydrogens is 424 g/mol. The van der Waals surface area contributed by atoms with Crippen LogP contribution in [-0.4, -0.2) is 36.3 Å². The fourth-order valence-electron chi connectivity index (χ4n) is 4.22. The highest BCUT2D eigenvalue weighted by Gasteiger charge is 2.33. The summed E-state index contributed by atoms with van der Waals surface area (Å²) in [5.74, 6) is 0.834. The molecular formula is C24H23ClN6O. The Morgan fingerprint density at radius 2 is 1.78 bits per heavy atom. The predicted molar refractivity (Wildman–Crippen MR) is 122 cm³/mol. The van der Waals surface area contributed by atoms with Crippen molar-refractivity contribution in [1.82, 2.24) is 29.7 Å². The zero-order chi connectivity index (χ0) is 21.8. The van der Waals surface area contributed by atoms with Gasteiger partial charge in [0, 0.05) is 28.3 Å². The minimum atomic E-state index is 0.0108. The van der Waals surface area contributed by atoms with E-state index in [1.807, 2.05) is 44.3 Å². The molecule has 2 fully saturated rings. The van der Waals surface area contributed by atoms with Gasteiger partial charge in [-0.2, -0.15) is 5.10 Å². The molecule has 2 atom stereocenters. The molecule has 1 saturated carbocycles. The third-order valence-corrected chi connectivity index (χ3v) is 6.61. The summed E-state index contributed by atoms with van der Waals surface area (Å²) in [6, 6.07) is 8.23. The molecule has 1 aliphatic heterocycles. The van der Waals surface area contributed by atoms with Crippen LogP contribution in [0.5, 0.6) is 0 Å². The number of nitrogens with zero attached hydrogens (tertiary/aromatic N) is 6. The maximum absolute atomic E-state index is 6.15. The van der Waals surface area contributed by atoms with Crippen LogP contribution in [0.2, 0.25) is 5.02 Å². The van der Waals surface area contributed by atoms with Gasteiger partial charge in [-0.1, -0.05) is 23.7 Å². The van der Waals surface area contributed by atoms with E-state index < -0.39 is 0 Å². The number of hydrogen-bond acceptors (Lipinski definition) is 6. The van der Waals surface area contributed by atoms with Gasteiger partial charge in [0.05, 0.1) is 36.3 Å². The highest BCUT2D eigenvalue weighted by atomic mass is 35.5. The molecule has 0 unspecified atom stereocenters. The molecule has 0 spiro atoms. The lowest BCUT2D eigenvalue weighted by Crippen LogP contribution is -2.08. The number of fused-ring (bicyclic) bond motifs is 1. The Kier molecular flexibility index (Phi) is 4.69. The van der Waals surface area contributed by atoms with Gasteiger partial charge in [-0.25, -0.2) is 19.9 Å². The largest absolute Gasteiger partial charge is 0.373 e. The molecule has 1 aromatic carbocycles. The standard InChI is InChI=1S/C24H23ClN6O/c1-13-14(2)28-24-22(27-13)21(15-3-5-18(25)6-4-15)29-23(30-24)16-9-20(32-12-16)17-10-26-31(11-17)19-7-8-19/h3-6,10-11,16,19-20H,7-9,12H2,1-2H3/t16-,20+/m0/s1. The molecule has 1 saturated heterocycles. The van der Waals surface area contributed by atoms with Gasteiger partial charge >= 0.3 is 0 Å². The van der Waals surface area contributed by atoms with Gasteiger partial charge in [0.1, 0.15) is 17.0 Å². The Bertz CT molecular complexity index is 1310. The van der Waals surface area contributed by atoms with E-state index in [4.69, 9.17) is 36.3 Å². The molecule has 6 rings (SSSR count). The number of ether oxygens (including phenoxy) is 1. The van der Waals surface area contributed by atoms with Crippen LogP contribution in [0.1, 0.15) is 60.1 Å². The molecule has 0 bridgehead atoms. The van der Waals surface area contributed by atoms with Gasteiger partial charge in [0.2, 0.25) is 0 Å². The Labute approximate surface area is 190 Å². The van der Waals surface area contributed by atoms with Gasteiger partial charge in [-0.3, -0.25) is 4.68 Å². The monoisotopic (exact) mass is 446 g/mol. The van der Waals surface area contributed by atoms with Crippen molar-refractivity contribution in [2.45, 2.75) is 51.2 Å². The zero-order valence-electron chi connectivity index (χ0n) is 18.0. The van der Waals surface area contributed by atoms with Gasteiger partial charge in [0.25, 0.3) is 0 Å². The summed E-state index contributed by atoms with van der Waals surface area (Å²) in [7, 11) is 0. The zero-order valence-corrected chi connectivity index (χ0v) is 18.8. The Morgan fingerprint density at radius 1 is 1.00 bits per heavy atom. The minimum absolute atomic E-state index is 0.0108. The lowest BCUT2D eigenvalue weighted by atomic mass is 10.0. The lowest BCUT2D eigenvalue weighted by molar-refractivity contribution is 0.110. The molecule has 0 radical (unpaired) electrons. The molecule has 162 valence electrons. The van der Waals surface area contributed by atoms with Gasteiger partial charge in [0.15, 0.2) is 5.65 Å². The van der Waals surface area contributed by atoms with Crippen LogP contribution in [0.3, 0.4) is 0 Å². The van der Waals surface area contributed by atoms with E-state index in [0.29, 0.717) is 28.8 Å². The van der Waals surface area contributed by atoms with Crippen molar-refractivity contribution in [3.05, 3.63) is 64.5 Å². The van der Waals surface area contributed by atoms with Crippen LogP contribution in [0.15, 0.2) is 36.7 Å². The van der Waals surface area contributed by atoms with Gasteiger partial charge < -0.3 is 4.74 Å². The second-order valence-corrected chi connectivity index (χ2v) is 9.18. The second kappa shape index (κ2) is 7.60. The molecule has 0 amide bonds. The Morgan fingerprint density at radius 3 is 2.56 bits per heavy atom. The molecule has 1 aliphatic carbocycles. The number of halogens is 1. The topological polar surface area (TPSA) is 78.6 Å². The van der Waals surface area contributed by atoms with Gasteiger partial charge in [-0.15, -0.1) is 0 Å². The molecule has 4 heterocycles. The van der Waals surface area contributed by atoms with Gasteiger partial charge in [-0.05, 0) is 45.2 Å². The molecule has 3 aromatic heterocycles. The number of benzene rings is 1. The summed E-state index contributed by atoms with van der Waals surface area (Å²) in [5.41, 5.74) is 5.93. The summed E-state index contributed by atoms with van der Waals surface area (Å²) < 4.78 is 8.22. The molecule has 4 aromatic rings. The van der Waals surface area contributed by atoms with E-state index in [9.17, 15) is 0 Å². The molecule has 2 aliphatic rings. The lowest BCUT2D eigenvalue weighted by Gasteiger charge is -2.12. The second-order valence-electron chi connectivity index (χ2n) is 8.74. The van der Waals surface area contributed by atoms with Crippen LogP contribution in [0, 0.1) is 13.8 Å². The SMILES string of the molecule is Cc1nc2nc([C@@H]3CO[C@@H](c4cnn(C5CC5)c4)C3)nc(-c3ccc(Cl)cc3)c2nc1C. The first-order chi connectivity index (χ1) is 15.5. The van der Waals surface area contributed by atoms with E-state index in [2.05, 4.69) is 16.0 Å². The number of aryl methyl sites for hydroxylation is 2. The normalized spacial score (nSPS) is 20.8. The smallest absolute Gasteiger partial charge is 0.182 e. The maximum Gasteiger partial charge on any atom is 0.182 e. The first-order valence-electron chi connectivity index (χ1n) is 11.0. The highest BCUT2D eigenvalue weighted by Crippen LogP contribution is 2.40. The minimum Gasteiger partial charge on any atom is -0.373 e. The van der Waals surface area contributed by atoms with Crippen molar-refractivity contribution in [2.75, 3.05) is 6.61 Å². The quantitative estimate of drug-likeness (QED) is 0.432. The summed E-state index contributed by atoms with van der Waals surface area (Å²) in [6.45, 7) is 4.49. The van der Waals surface area contributed by atoms with E-state index in [1.165, 1.54) is 12.8 Å². The fourth-order valence-corrected chi connectivity index (χ4v) is 4.34. The molecule has 7 nitrogen and oxygen atoms in total. The first kappa shape index (κ1) is 19.8. The van der Waals surface area contributed by atoms with E-state index in [1.54, 1.807) is 0 Å². The first-order valence-corrected chi connectivity index (χ1v) is 11.4. The summed E-state index contributed by atoms with van der Waals surface area (Å²) >= 11 is 6.11. The van der Waals surface area contributed by atoms with Crippen molar-refractivity contribution < 1.29 is 4.74 Å². The van der Waals surface area contributed by atoms with Crippen molar-refractivity contribution in [2.24, 2.45) is 0 Å². The van der Waals surface area contributed by atoms with E-state index >= 15 is 0 Å². The fraction of sp³-hybridized carbons (Fsp3) is 0.375. The summed E-state index contributed by atoms with van der Waals surface area (Å²) in [5, 5.41) is 5.20. The van der Waals surface area contributed by atoms with Crippen LogP contribution >= 0.6 is 11.6 Å². The van der Waals surface area contributed by atoms with Crippen molar-refractivity contribution in [1.29, 1.82) is 0 Å². The van der Waals surface area contributed by atoms with Crippen LogP contribution in [0.25, 0.3) is 22.4 Å². The highest BCUT2D eigenvalue weighted by molar-refractivity contribution is 6.30. The predicted octanol–water partition coefficient (Wildman–Crippen LogP) is 5.13. The molecule has 32 heavy (non-hydrogen) atoms. The Balaban J connectivity index is 1.38. The van der Waals surface area contributed by atoms with Crippen molar-refractivity contribution in [3.8, 4) is 11.3 Å². The number of rotatable bonds is 4. The van der Waals surface area contributed by atoms with Crippen LogP contribution in [-0.2, 0) is 4.74 Å². The van der Waals surface area contributed by atoms with Crippen molar-refractivity contribution >= 4 is 22.8 Å². The van der Waals surface area contributed by atoms with E-state index in [-0.39, 0.29) is 12.0 Å². The molecule has 0 N–H and O–H groups in total. The summed E-state index contributed by atoms with van der Waals surface area (Å²) in [6.07, 6.45) is 7.32. The van der Waals surface area contributed by atoms with Crippen LogP contribution < -0.4 is 0 Å². The van der Waals surface area contributed by atoms with Crippen LogP contribution in [0.4, 0.5) is 0 Å². The third-order valence-electron chi connectivity index (χ3n) is 6.35. The average molecular weight is 447 g/mol. The number of aromatic nitrogens is 6. The summed E-state index contributed by atoms with van der Waals surface area (Å²) in [4.78, 5) is 19.3. The third kappa shape index (κ3) is 3.55. The van der Waals surface area contributed by atoms with Crippen molar-refractivity contribution in [3.63, 3.8) is 0 Å².